The first-order chi connectivity index (χ1) is 12.0. The SMILES string of the molecule is O=C(C1CC1)N1CCc2cc(Br)c(S(=O)(=O)NC3CCCCC3)cc21. The average molecular weight is 427 g/mol. The van der Waals surface area contributed by atoms with Crippen molar-refractivity contribution in [1.29, 1.82) is 0 Å². The van der Waals surface area contributed by atoms with E-state index in [0.717, 1.165) is 56.2 Å². The van der Waals surface area contributed by atoms with Crippen molar-refractivity contribution in [2.24, 2.45) is 5.92 Å². The van der Waals surface area contributed by atoms with E-state index in [4.69, 9.17) is 0 Å². The lowest BCUT2D eigenvalue weighted by atomic mass is 9.96. The molecule has 1 aliphatic heterocycles. The number of anilines is 1. The molecule has 7 heteroatoms. The van der Waals surface area contributed by atoms with Crippen LogP contribution in [0.3, 0.4) is 0 Å². The summed E-state index contributed by atoms with van der Waals surface area (Å²) in [7, 11) is -3.60. The number of hydrogen-bond donors (Lipinski definition) is 1. The van der Waals surface area contributed by atoms with Crippen molar-refractivity contribution in [1.82, 2.24) is 4.72 Å². The van der Waals surface area contributed by atoms with Crippen molar-refractivity contribution < 1.29 is 13.2 Å². The van der Waals surface area contributed by atoms with Gasteiger partial charge in [-0.1, -0.05) is 19.3 Å². The second-order valence-electron chi connectivity index (χ2n) is 7.38. The Labute approximate surface area is 157 Å². The molecule has 2 fully saturated rings. The Hall–Kier alpha value is -0.920. The second kappa shape index (κ2) is 6.67. The first kappa shape index (κ1) is 17.5. The summed E-state index contributed by atoms with van der Waals surface area (Å²) in [6, 6.07) is 3.56. The molecule has 136 valence electrons. The Kier molecular flexibility index (Phi) is 4.67. The number of fused-ring (bicyclic) bond motifs is 1. The molecule has 1 aromatic rings. The molecule has 3 aliphatic rings. The van der Waals surface area contributed by atoms with Gasteiger partial charge in [0.15, 0.2) is 0 Å². The van der Waals surface area contributed by atoms with Gasteiger partial charge in [0, 0.05) is 28.7 Å². The summed E-state index contributed by atoms with van der Waals surface area (Å²) in [5.41, 5.74) is 1.81. The van der Waals surface area contributed by atoms with Crippen LogP contribution in [0, 0.1) is 5.92 Å². The standard InChI is InChI=1S/C18H23BrN2O3S/c19-15-10-13-8-9-21(18(22)12-6-7-12)16(13)11-17(15)25(23,24)20-14-4-2-1-3-5-14/h10-12,14,20H,1-9H2. The summed E-state index contributed by atoms with van der Waals surface area (Å²) in [6.07, 6.45) is 7.81. The Morgan fingerprint density at radius 3 is 2.52 bits per heavy atom. The number of nitrogens with zero attached hydrogens (tertiary/aromatic N) is 1. The van der Waals surface area contributed by atoms with Gasteiger partial charge in [0.1, 0.15) is 0 Å². The quantitative estimate of drug-likeness (QED) is 0.802. The zero-order valence-corrected chi connectivity index (χ0v) is 16.5. The minimum Gasteiger partial charge on any atom is -0.312 e. The minimum atomic E-state index is -3.60. The summed E-state index contributed by atoms with van der Waals surface area (Å²) in [5.74, 6) is 0.277. The van der Waals surface area contributed by atoms with Gasteiger partial charge in [0.05, 0.1) is 4.90 Å². The zero-order chi connectivity index (χ0) is 17.6. The van der Waals surface area contributed by atoms with Gasteiger partial charge in [-0.3, -0.25) is 4.79 Å². The molecule has 1 amide bonds. The molecule has 0 radical (unpaired) electrons. The van der Waals surface area contributed by atoms with Crippen molar-refractivity contribution >= 4 is 37.5 Å². The maximum absolute atomic E-state index is 12.9. The molecule has 4 rings (SSSR count). The molecule has 1 aromatic carbocycles. The highest BCUT2D eigenvalue weighted by Gasteiger charge is 2.37. The molecule has 0 atom stereocenters. The second-order valence-corrected chi connectivity index (χ2v) is 9.92. The van der Waals surface area contributed by atoms with E-state index < -0.39 is 10.0 Å². The van der Waals surface area contributed by atoms with E-state index in [9.17, 15) is 13.2 Å². The molecule has 1 heterocycles. The third-order valence-corrected chi connectivity index (χ3v) is 7.92. The Balaban J connectivity index is 1.63. The highest BCUT2D eigenvalue weighted by Crippen LogP contribution is 2.39. The summed E-state index contributed by atoms with van der Waals surface area (Å²) >= 11 is 3.43. The minimum absolute atomic E-state index is 0.0168. The van der Waals surface area contributed by atoms with Gasteiger partial charge < -0.3 is 4.90 Å². The Bertz CT molecular complexity index is 799. The number of sulfonamides is 1. The zero-order valence-electron chi connectivity index (χ0n) is 14.1. The van der Waals surface area contributed by atoms with E-state index >= 15 is 0 Å². The molecule has 0 saturated heterocycles. The van der Waals surface area contributed by atoms with Crippen LogP contribution in [0.15, 0.2) is 21.5 Å². The van der Waals surface area contributed by atoms with E-state index in [0.29, 0.717) is 11.0 Å². The number of benzene rings is 1. The van der Waals surface area contributed by atoms with Gasteiger partial charge in [-0.05, 0) is 65.7 Å². The van der Waals surface area contributed by atoms with Crippen LogP contribution in [-0.4, -0.2) is 26.9 Å². The maximum Gasteiger partial charge on any atom is 0.242 e. The summed E-state index contributed by atoms with van der Waals surface area (Å²) in [6.45, 7) is 0.649. The molecule has 0 unspecified atom stereocenters. The van der Waals surface area contributed by atoms with Gasteiger partial charge in [0.25, 0.3) is 0 Å². The normalized spacial score (nSPS) is 21.4. The van der Waals surface area contributed by atoms with Crippen LogP contribution < -0.4 is 9.62 Å². The largest absolute Gasteiger partial charge is 0.312 e. The van der Waals surface area contributed by atoms with E-state index in [1.807, 2.05) is 6.07 Å². The van der Waals surface area contributed by atoms with Gasteiger partial charge >= 0.3 is 0 Å². The number of halogens is 1. The Morgan fingerprint density at radius 1 is 1.12 bits per heavy atom. The first-order valence-corrected chi connectivity index (χ1v) is 11.4. The van der Waals surface area contributed by atoms with Crippen molar-refractivity contribution in [2.75, 3.05) is 11.4 Å². The van der Waals surface area contributed by atoms with Crippen LogP contribution >= 0.6 is 15.9 Å². The van der Waals surface area contributed by atoms with Gasteiger partial charge in [-0.25, -0.2) is 13.1 Å². The molecule has 0 spiro atoms. The average Bonchev–Trinajstić information content (AvgIpc) is 3.34. The molecule has 0 bridgehead atoms. The molecule has 5 nitrogen and oxygen atoms in total. The lowest BCUT2D eigenvalue weighted by Crippen LogP contribution is -2.36. The molecule has 0 aromatic heterocycles. The van der Waals surface area contributed by atoms with Crippen LogP contribution in [-0.2, 0) is 21.2 Å². The predicted octanol–water partition coefficient (Wildman–Crippen LogP) is 3.36. The topological polar surface area (TPSA) is 66.5 Å². The molecule has 2 aliphatic carbocycles. The van der Waals surface area contributed by atoms with Gasteiger partial charge in [0.2, 0.25) is 15.9 Å². The van der Waals surface area contributed by atoms with E-state index in [-0.39, 0.29) is 22.8 Å². The number of amides is 1. The van der Waals surface area contributed by atoms with E-state index in [1.54, 1.807) is 11.0 Å². The molecule has 25 heavy (non-hydrogen) atoms. The number of nitrogens with one attached hydrogen (secondary N) is 1. The predicted molar refractivity (Wildman–Crippen MR) is 100 cm³/mol. The van der Waals surface area contributed by atoms with E-state index in [2.05, 4.69) is 20.7 Å². The van der Waals surface area contributed by atoms with Gasteiger partial charge in [-0.2, -0.15) is 0 Å². The van der Waals surface area contributed by atoms with Crippen LogP contribution in [0.4, 0.5) is 5.69 Å². The van der Waals surface area contributed by atoms with Gasteiger partial charge in [-0.15, -0.1) is 0 Å². The third kappa shape index (κ3) is 3.51. The number of rotatable bonds is 4. The lowest BCUT2D eigenvalue weighted by molar-refractivity contribution is -0.119. The smallest absolute Gasteiger partial charge is 0.242 e. The molecule has 2 saturated carbocycles. The van der Waals surface area contributed by atoms with E-state index in [1.165, 1.54) is 6.42 Å². The van der Waals surface area contributed by atoms with Crippen LogP contribution in [0.1, 0.15) is 50.5 Å². The number of hydrogen-bond acceptors (Lipinski definition) is 3. The number of carbonyl (C=O) groups excluding carboxylic acids is 1. The lowest BCUT2D eigenvalue weighted by Gasteiger charge is -2.23. The summed E-state index contributed by atoms with van der Waals surface area (Å²) < 4.78 is 29.2. The van der Waals surface area contributed by atoms with Crippen molar-refractivity contribution in [3.05, 3.63) is 22.2 Å². The number of carbonyl (C=O) groups is 1. The first-order valence-electron chi connectivity index (χ1n) is 9.12. The van der Waals surface area contributed by atoms with Crippen LogP contribution in [0.25, 0.3) is 0 Å². The summed E-state index contributed by atoms with van der Waals surface area (Å²) in [5, 5.41) is 0. The van der Waals surface area contributed by atoms with Crippen LogP contribution in [0.5, 0.6) is 0 Å². The monoisotopic (exact) mass is 426 g/mol. The highest BCUT2D eigenvalue weighted by atomic mass is 79.9. The fourth-order valence-electron chi connectivity index (χ4n) is 3.88. The fourth-order valence-corrected chi connectivity index (χ4v) is 6.29. The molecular weight excluding hydrogens is 404 g/mol. The third-order valence-electron chi connectivity index (χ3n) is 5.44. The van der Waals surface area contributed by atoms with Crippen molar-refractivity contribution in [3.8, 4) is 0 Å². The van der Waals surface area contributed by atoms with Crippen LogP contribution in [0.2, 0.25) is 0 Å². The maximum atomic E-state index is 12.9. The fraction of sp³-hybridized carbons (Fsp3) is 0.611. The van der Waals surface area contributed by atoms with Crippen molar-refractivity contribution in [2.45, 2.75) is 62.3 Å². The molecule has 1 N–H and O–H groups in total. The Morgan fingerprint density at radius 2 is 1.84 bits per heavy atom. The summed E-state index contributed by atoms with van der Waals surface area (Å²) in [4.78, 5) is 14.5. The van der Waals surface area contributed by atoms with Crippen molar-refractivity contribution in [3.63, 3.8) is 0 Å². The molecular formula is C18H23BrN2O3S. The highest BCUT2D eigenvalue weighted by molar-refractivity contribution is 9.10.